The molecule has 4 rings (SSSR count). The normalized spacial score (nSPS) is 14.6. The first-order valence-electron chi connectivity index (χ1n) is 9.92. The lowest BCUT2D eigenvalue weighted by molar-refractivity contribution is 0.0942. The number of hydrogen-bond donors (Lipinski definition) is 1. The lowest BCUT2D eigenvalue weighted by atomic mass is 10.1. The predicted octanol–water partition coefficient (Wildman–Crippen LogP) is 3.85. The van der Waals surface area contributed by atoms with Crippen LogP contribution in [0.5, 0.6) is 0 Å². The van der Waals surface area contributed by atoms with E-state index in [-0.39, 0.29) is 17.5 Å². The molecule has 3 heterocycles. The van der Waals surface area contributed by atoms with Gasteiger partial charge in [-0.1, -0.05) is 30.3 Å². The average molecular weight is 396 g/mol. The number of nitrogens with one attached hydrogen (secondary N) is 1. The molecular weight excluding hydrogens is 370 g/mol. The summed E-state index contributed by atoms with van der Waals surface area (Å²) in [5, 5.41) is 3.70. The van der Waals surface area contributed by atoms with Gasteiger partial charge in [0.1, 0.15) is 10.7 Å². The molecule has 0 bridgehead atoms. The molecule has 0 spiro atoms. The largest absolute Gasteiger partial charge is 0.349 e. The zero-order chi connectivity index (χ0) is 19.7. The van der Waals surface area contributed by atoms with Crippen molar-refractivity contribution in [3.05, 3.63) is 62.5 Å². The average Bonchev–Trinajstić information content (AvgIpc) is 3.04. The van der Waals surface area contributed by atoms with Crippen LogP contribution in [-0.2, 0) is 19.4 Å². The fourth-order valence-corrected chi connectivity index (χ4v) is 4.93. The minimum Gasteiger partial charge on any atom is -0.349 e. The van der Waals surface area contributed by atoms with Gasteiger partial charge in [0.2, 0.25) is 0 Å². The van der Waals surface area contributed by atoms with Crippen LogP contribution in [0.1, 0.15) is 52.8 Å². The van der Waals surface area contributed by atoms with E-state index in [2.05, 4.69) is 17.4 Å². The molecule has 0 saturated heterocycles. The van der Waals surface area contributed by atoms with Crippen LogP contribution in [0, 0.1) is 6.92 Å². The van der Waals surface area contributed by atoms with Crippen LogP contribution in [0.15, 0.2) is 35.1 Å². The second-order valence-corrected chi connectivity index (χ2v) is 8.58. The maximum absolute atomic E-state index is 12.9. The molecule has 0 radical (unpaired) electrons. The molecule has 1 amide bonds. The number of aryl methyl sites for hydroxylation is 3. The third-order valence-corrected chi connectivity index (χ3v) is 6.64. The van der Waals surface area contributed by atoms with Gasteiger partial charge in [0, 0.05) is 19.0 Å². The Labute approximate surface area is 168 Å². The van der Waals surface area contributed by atoms with Gasteiger partial charge in [0.05, 0.1) is 10.3 Å². The van der Waals surface area contributed by atoms with Gasteiger partial charge in [0.25, 0.3) is 11.5 Å². The zero-order valence-electron chi connectivity index (χ0n) is 16.3. The van der Waals surface area contributed by atoms with Crippen molar-refractivity contribution >= 4 is 27.5 Å². The van der Waals surface area contributed by atoms with E-state index in [1.165, 1.54) is 16.9 Å². The predicted molar refractivity (Wildman–Crippen MR) is 113 cm³/mol. The molecule has 0 fully saturated rings. The maximum atomic E-state index is 12.9. The molecule has 1 unspecified atom stereocenters. The highest BCUT2D eigenvalue weighted by Gasteiger charge is 2.23. The summed E-state index contributed by atoms with van der Waals surface area (Å²) in [5.41, 5.74) is 2.03. The Hall–Kier alpha value is -2.47. The molecule has 0 aliphatic carbocycles. The Morgan fingerprint density at radius 1 is 1.29 bits per heavy atom. The van der Waals surface area contributed by atoms with E-state index >= 15 is 0 Å². The van der Waals surface area contributed by atoms with E-state index < -0.39 is 0 Å². The molecule has 1 aliphatic rings. The van der Waals surface area contributed by atoms with Gasteiger partial charge >= 0.3 is 0 Å². The fourth-order valence-electron chi connectivity index (χ4n) is 3.84. The Kier molecular flexibility index (Phi) is 5.31. The second kappa shape index (κ2) is 7.87. The molecule has 5 nitrogen and oxygen atoms in total. The third-order valence-electron chi connectivity index (χ3n) is 5.45. The number of amides is 1. The fraction of sp³-hybridized carbons (Fsp3) is 0.409. The lowest BCUT2D eigenvalue weighted by Gasteiger charge is -2.16. The van der Waals surface area contributed by atoms with Gasteiger partial charge in [-0.15, -0.1) is 11.3 Å². The van der Waals surface area contributed by atoms with Crippen molar-refractivity contribution < 1.29 is 4.79 Å². The van der Waals surface area contributed by atoms with Crippen molar-refractivity contribution in [3.63, 3.8) is 0 Å². The summed E-state index contributed by atoms with van der Waals surface area (Å²) in [6.45, 7) is 4.61. The summed E-state index contributed by atoms with van der Waals surface area (Å²) < 4.78 is 1.79. The van der Waals surface area contributed by atoms with E-state index in [1.807, 2.05) is 32.0 Å². The van der Waals surface area contributed by atoms with Crippen LogP contribution < -0.4 is 10.9 Å². The standard InChI is InChI=1S/C22H25N3O2S/c1-14(11-12-16-8-4-3-5-9-16)23-20(26)19-15(2)18-21(28-19)24-17-10-6-7-13-25(17)22(18)27/h3-5,8-9,14H,6-7,10-13H2,1-2H3,(H,23,26). The van der Waals surface area contributed by atoms with E-state index in [0.717, 1.165) is 50.0 Å². The van der Waals surface area contributed by atoms with Crippen LogP contribution in [0.4, 0.5) is 0 Å². The minimum atomic E-state index is -0.108. The smallest absolute Gasteiger partial charge is 0.262 e. The number of carbonyl (C=O) groups excluding carboxylic acids is 1. The Morgan fingerprint density at radius 2 is 2.07 bits per heavy atom. The van der Waals surface area contributed by atoms with Crippen LogP contribution in [0.2, 0.25) is 0 Å². The van der Waals surface area contributed by atoms with Crippen molar-refractivity contribution in [2.45, 2.75) is 58.5 Å². The SMILES string of the molecule is Cc1c(C(=O)NC(C)CCc2ccccc2)sc2nc3n(c(=O)c12)CCCC3. The van der Waals surface area contributed by atoms with Gasteiger partial charge in [-0.3, -0.25) is 14.2 Å². The molecule has 1 aromatic carbocycles. The van der Waals surface area contributed by atoms with E-state index in [4.69, 9.17) is 4.98 Å². The number of aromatic nitrogens is 2. The van der Waals surface area contributed by atoms with Crippen LogP contribution in [-0.4, -0.2) is 21.5 Å². The summed E-state index contributed by atoms with van der Waals surface area (Å²) >= 11 is 1.34. The molecule has 3 aromatic rings. The number of fused-ring (bicyclic) bond motifs is 2. The Bertz CT molecular complexity index is 1070. The van der Waals surface area contributed by atoms with E-state index in [1.54, 1.807) is 4.57 Å². The van der Waals surface area contributed by atoms with Gasteiger partial charge in [-0.05, 0) is 50.7 Å². The molecule has 6 heteroatoms. The van der Waals surface area contributed by atoms with Crippen LogP contribution in [0.25, 0.3) is 10.2 Å². The summed E-state index contributed by atoms with van der Waals surface area (Å²) in [5.74, 6) is 0.747. The minimum absolute atomic E-state index is 0.00428. The quantitative estimate of drug-likeness (QED) is 0.714. The molecule has 0 saturated carbocycles. The van der Waals surface area contributed by atoms with E-state index in [9.17, 15) is 9.59 Å². The highest BCUT2D eigenvalue weighted by Crippen LogP contribution is 2.28. The number of benzene rings is 1. The highest BCUT2D eigenvalue weighted by atomic mass is 32.1. The number of carbonyl (C=O) groups is 1. The van der Waals surface area contributed by atoms with Crippen molar-refractivity contribution in [2.24, 2.45) is 0 Å². The number of rotatable bonds is 5. The zero-order valence-corrected chi connectivity index (χ0v) is 17.1. The van der Waals surface area contributed by atoms with E-state index in [0.29, 0.717) is 15.1 Å². The van der Waals surface area contributed by atoms with Crippen molar-refractivity contribution in [1.82, 2.24) is 14.9 Å². The van der Waals surface area contributed by atoms with Gasteiger partial charge in [0.15, 0.2) is 0 Å². The lowest BCUT2D eigenvalue weighted by Crippen LogP contribution is -2.32. The molecule has 146 valence electrons. The van der Waals surface area contributed by atoms with Crippen LogP contribution >= 0.6 is 11.3 Å². The van der Waals surface area contributed by atoms with Crippen LogP contribution in [0.3, 0.4) is 0 Å². The first-order chi connectivity index (χ1) is 13.5. The van der Waals surface area contributed by atoms with Gasteiger partial charge in [-0.2, -0.15) is 0 Å². The van der Waals surface area contributed by atoms with Crippen molar-refractivity contribution in [1.29, 1.82) is 0 Å². The second-order valence-electron chi connectivity index (χ2n) is 7.58. The summed E-state index contributed by atoms with van der Waals surface area (Å²) in [6.07, 6.45) is 4.70. The van der Waals surface area contributed by atoms with Crippen molar-refractivity contribution in [3.8, 4) is 0 Å². The van der Waals surface area contributed by atoms with Gasteiger partial charge in [-0.25, -0.2) is 4.98 Å². The highest BCUT2D eigenvalue weighted by molar-refractivity contribution is 7.20. The molecule has 28 heavy (non-hydrogen) atoms. The number of hydrogen-bond acceptors (Lipinski definition) is 4. The summed E-state index contributed by atoms with van der Waals surface area (Å²) in [6, 6.07) is 10.3. The maximum Gasteiger partial charge on any atom is 0.262 e. The topological polar surface area (TPSA) is 64.0 Å². The third kappa shape index (κ3) is 3.61. The molecule has 1 N–H and O–H groups in total. The molecular formula is C22H25N3O2S. The molecule has 2 aromatic heterocycles. The van der Waals surface area contributed by atoms with Gasteiger partial charge < -0.3 is 5.32 Å². The molecule has 1 atom stereocenters. The summed E-state index contributed by atoms with van der Waals surface area (Å²) in [4.78, 5) is 31.8. The monoisotopic (exact) mass is 395 g/mol. The first kappa shape index (κ1) is 18.9. The first-order valence-corrected chi connectivity index (χ1v) is 10.7. The Balaban J connectivity index is 1.53. The number of nitrogens with zero attached hydrogens (tertiary/aromatic N) is 2. The van der Waals surface area contributed by atoms with Crippen molar-refractivity contribution in [2.75, 3.05) is 0 Å². The summed E-state index contributed by atoms with van der Waals surface area (Å²) in [7, 11) is 0. The number of thiophene rings is 1. The molecule has 1 aliphatic heterocycles. The Morgan fingerprint density at radius 3 is 2.86 bits per heavy atom.